The van der Waals surface area contributed by atoms with E-state index in [4.69, 9.17) is 4.74 Å². The molecule has 0 aliphatic heterocycles. The van der Waals surface area contributed by atoms with Crippen LogP contribution in [-0.2, 0) is 4.74 Å². The van der Waals surface area contributed by atoms with E-state index in [1.54, 1.807) is 30.5 Å². The Morgan fingerprint density at radius 2 is 2.00 bits per heavy atom. The average molecular weight is 335 g/mol. The lowest BCUT2D eigenvalue weighted by atomic mass is 10.2. The van der Waals surface area contributed by atoms with Crippen molar-refractivity contribution in [1.82, 2.24) is 4.98 Å². The molecule has 0 spiro atoms. The standard InChI is InChI=1S/C18H13N3O2S/c1-23-18(22)13-6-2-3-7-14(13)20-11-12(10-19)17-21-15-8-4-5-9-16(15)24-17/h2-9,11,20H,1H3. The van der Waals surface area contributed by atoms with Crippen LogP contribution < -0.4 is 5.32 Å². The van der Waals surface area contributed by atoms with Gasteiger partial charge in [-0.3, -0.25) is 0 Å². The monoisotopic (exact) mass is 335 g/mol. The van der Waals surface area contributed by atoms with Gasteiger partial charge < -0.3 is 10.1 Å². The van der Waals surface area contributed by atoms with E-state index in [-0.39, 0.29) is 0 Å². The van der Waals surface area contributed by atoms with Crippen LogP contribution in [0.15, 0.2) is 54.7 Å². The van der Waals surface area contributed by atoms with Crippen LogP contribution in [0.4, 0.5) is 5.69 Å². The summed E-state index contributed by atoms with van der Waals surface area (Å²) in [7, 11) is 1.33. The summed E-state index contributed by atoms with van der Waals surface area (Å²) < 4.78 is 5.78. The van der Waals surface area contributed by atoms with Gasteiger partial charge in [-0.1, -0.05) is 24.3 Å². The molecule has 6 heteroatoms. The van der Waals surface area contributed by atoms with Crippen LogP contribution in [0.2, 0.25) is 0 Å². The highest BCUT2D eigenvalue weighted by atomic mass is 32.1. The number of ether oxygens (including phenoxy) is 1. The van der Waals surface area contributed by atoms with Gasteiger partial charge in [-0.2, -0.15) is 5.26 Å². The average Bonchev–Trinajstić information content (AvgIpc) is 3.06. The van der Waals surface area contributed by atoms with Crippen molar-refractivity contribution in [3.05, 3.63) is 65.3 Å². The Labute approximate surface area is 142 Å². The summed E-state index contributed by atoms with van der Waals surface area (Å²) in [5, 5.41) is 13.1. The zero-order valence-corrected chi connectivity index (χ0v) is 13.6. The molecule has 5 nitrogen and oxygen atoms in total. The number of carbonyl (C=O) groups is 1. The Morgan fingerprint density at radius 3 is 2.75 bits per heavy atom. The number of benzene rings is 2. The third-order valence-corrected chi connectivity index (χ3v) is 4.42. The maximum atomic E-state index is 11.8. The number of allylic oxidation sites excluding steroid dienone is 1. The fraction of sp³-hybridized carbons (Fsp3) is 0.0556. The van der Waals surface area contributed by atoms with E-state index in [0.29, 0.717) is 21.8 Å². The molecular weight excluding hydrogens is 322 g/mol. The summed E-state index contributed by atoms with van der Waals surface area (Å²) in [4.78, 5) is 16.2. The van der Waals surface area contributed by atoms with Gasteiger partial charge in [0, 0.05) is 6.20 Å². The molecule has 118 valence electrons. The number of carbonyl (C=O) groups excluding carboxylic acids is 1. The van der Waals surface area contributed by atoms with Crippen LogP contribution in [0.5, 0.6) is 0 Å². The number of hydrogen-bond acceptors (Lipinski definition) is 6. The minimum atomic E-state index is -0.440. The SMILES string of the molecule is COC(=O)c1ccccc1NC=C(C#N)c1nc2ccccc2s1. The van der Waals surface area contributed by atoms with Crippen LogP contribution in [0.1, 0.15) is 15.4 Å². The number of nitrogens with zero attached hydrogens (tertiary/aromatic N) is 2. The van der Waals surface area contributed by atoms with Gasteiger partial charge in [0.05, 0.1) is 28.6 Å². The number of anilines is 1. The van der Waals surface area contributed by atoms with Crippen LogP contribution >= 0.6 is 11.3 Å². The Kier molecular flexibility index (Phi) is 4.54. The molecule has 0 radical (unpaired) electrons. The number of hydrogen-bond donors (Lipinski definition) is 1. The maximum Gasteiger partial charge on any atom is 0.339 e. The van der Waals surface area contributed by atoms with E-state index in [1.807, 2.05) is 24.3 Å². The van der Waals surface area contributed by atoms with Crippen LogP contribution in [-0.4, -0.2) is 18.1 Å². The first kappa shape index (κ1) is 15.7. The third kappa shape index (κ3) is 3.12. The molecule has 0 bridgehead atoms. The largest absolute Gasteiger partial charge is 0.465 e. The van der Waals surface area contributed by atoms with Crippen molar-refractivity contribution in [2.45, 2.75) is 0 Å². The summed E-state index contributed by atoms with van der Waals surface area (Å²) in [5.74, 6) is -0.440. The van der Waals surface area contributed by atoms with E-state index in [0.717, 1.165) is 10.2 Å². The second-order valence-electron chi connectivity index (χ2n) is 4.84. The molecule has 24 heavy (non-hydrogen) atoms. The Balaban J connectivity index is 1.92. The van der Waals surface area contributed by atoms with Crippen LogP contribution in [0.25, 0.3) is 15.8 Å². The zero-order chi connectivity index (χ0) is 16.9. The number of nitrogens with one attached hydrogen (secondary N) is 1. The molecule has 0 aliphatic rings. The van der Waals surface area contributed by atoms with Crippen molar-refractivity contribution in [2.75, 3.05) is 12.4 Å². The molecular formula is C18H13N3O2S. The molecule has 2 aromatic carbocycles. The number of rotatable bonds is 4. The third-order valence-electron chi connectivity index (χ3n) is 3.35. The highest BCUT2D eigenvalue weighted by molar-refractivity contribution is 7.19. The molecule has 0 saturated heterocycles. The molecule has 0 unspecified atom stereocenters. The molecule has 1 N–H and O–H groups in total. The summed E-state index contributed by atoms with van der Waals surface area (Å²) in [5.41, 5.74) is 2.22. The smallest absolute Gasteiger partial charge is 0.339 e. The Hall–Kier alpha value is -3.17. The zero-order valence-electron chi connectivity index (χ0n) is 12.8. The van der Waals surface area contributed by atoms with Crippen molar-refractivity contribution in [1.29, 1.82) is 5.26 Å². The van der Waals surface area contributed by atoms with E-state index in [2.05, 4.69) is 16.4 Å². The van der Waals surface area contributed by atoms with Crippen molar-refractivity contribution in [3.8, 4) is 6.07 Å². The molecule has 1 aromatic heterocycles. The number of nitriles is 1. The van der Waals surface area contributed by atoms with Crippen molar-refractivity contribution in [3.63, 3.8) is 0 Å². The highest BCUT2D eigenvalue weighted by Gasteiger charge is 2.12. The van der Waals surface area contributed by atoms with Crippen molar-refractivity contribution in [2.24, 2.45) is 0 Å². The summed E-state index contributed by atoms with van der Waals surface area (Å²) in [6, 6.07) is 16.8. The quantitative estimate of drug-likeness (QED) is 0.575. The first-order chi connectivity index (χ1) is 11.7. The lowest BCUT2D eigenvalue weighted by molar-refractivity contribution is 0.0602. The molecule has 0 fully saturated rings. The van der Waals surface area contributed by atoms with Crippen molar-refractivity contribution < 1.29 is 9.53 Å². The first-order valence-corrected chi connectivity index (χ1v) is 7.94. The number of thiazole rings is 1. The van der Waals surface area contributed by atoms with E-state index in [9.17, 15) is 10.1 Å². The topological polar surface area (TPSA) is 75.0 Å². The second-order valence-corrected chi connectivity index (χ2v) is 5.87. The van der Waals surface area contributed by atoms with Crippen LogP contribution in [0, 0.1) is 11.3 Å². The second kappa shape index (κ2) is 6.94. The van der Waals surface area contributed by atoms with E-state index >= 15 is 0 Å². The molecule has 0 aliphatic carbocycles. The molecule has 3 rings (SSSR count). The number of esters is 1. The minimum absolute atomic E-state index is 0.399. The maximum absolute atomic E-state index is 11.8. The summed E-state index contributed by atoms with van der Waals surface area (Å²) in [6.45, 7) is 0. The molecule has 0 atom stereocenters. The number of para-hydroxylation sites is 2. The van der Waals surface area contributed by atoms with Gasteiger partial charge in [0.15, 0.2) is 0 Å². The lowest BCUT2D eigenvalue weighted by Gasteiger charge is -2.07. The number of methoxy groups -OCH3 is 1. The van der Waals surface area contributed by atoms with Gasteiger partial charge in [-0.15, -0.1) is 11.3 Å². The van der Waals surface area contributed by atoms with Gasteiger partial charge in [0.2, 0.25) is 0 Å². The molecule has 0 amide bonds. The van der Waals surface area contributed by atoms with Gasteiger partial charge in [-0.25, -0.2) is 9.78 Å². The normalized spacial score (nSPS) is 11.1. The first-order valence-electron chi connectivity index (χ1n) is 7.13. The van der Waals surface area contributed by atoms with Gasteiger partial charge in [-0.05, 0) is 24.3 Å². The minimum Gasteiger partial charge on any atom is -0.465 e. The fourth-order valence-electron chi connectivity index (χ4n) is 2.18. The number of fused-ring (bicyclic) bond motifs is 1. The Bertz CT molecular complexity index is 937. The van der Waals surface area contributed by atoms with Crippen molar-refractivity contribution >= 4 is 38.8 Å². The van der Waals surface area contributed by atoms with Gasteiger partial charge in [0.25, 0.3) is 0 Å². The van der Waals surface area contributed by atoms with E-state index in [1.165, 1.54) is 18.4 Å². The van der Waals surface area contributed by atoms with E-state index < -0.39 is 5.97 Å². The summed E-state index contributed by atoms with van der Waals surface area (Å²) >= 11 is 1.45. The van der Waals surface area contributed by atoms with Gasteiger partial charge in [0.1, 0.15) is 16.6 Å². The Morgan fingerprint density at radius 1 is 1.25 bits per heavy atom. The highest BCUT2D eigenvalue weighted by Crippen LogP contribution is 2.27. The summed E-state index contributed by atoms with van der Waals surface area (Å²) in [6.07, 6.45) is 1.56. The lowest BCUT2D eigenvalue weighted by Crippen LogP contribution is -2.05. The molecule has 0 saturated carbocycles. The molecule has 1 heterocycles. The predicted octanol–water partition coefficient (Wildman–Crippen LogP) is 4.06. The fourth-order valence-corrected chi connectivity index (χ4v) is 3.11. The van der Waals surface area contributed by atoms with Crippen LogP contribution in [0.3, 0.4) is 0 Å². The molecule has 3 aromatic rings. The number of aromatic nitrogens is 1. The predicted molar refractivity (Wildman–Crippen MR) is 94.6 cm³/mol. The van der Waals surface area contributed by atoms with Gasteiger partial charge >= 0.3 is 5.97 Å².